The zero-order valence-electron chi connectivity index (χ0n) is 13.0. The van der Waals surface area contributed by atoms with Gasteiger partial charge in [0, 0.05) is 11.1 Å². The largest absolute Gasteiger partial charge is 0.496 e. The summed E-state index contributed by atoms with van der Waals surface area (Å²) in [6.07, 6.45) is 0.0887. The first-order chi connectivity index (χ1) is 11.7. The molecular weight excluding hydrogens is 312 g/mol. The molecule has 2 amide bonds. The first-order valence-corrected chi connectivity index (χ1v) is 7.28. The van der Waals surface area contributed by atoms with E-state index >= 15 is 0 Å². The fourth-order valence-electron chi connectivity index (χ4n) is 2.30. The Kier molecular flexibility index (Phi) is 4.51. The number of hydrazine groups is 1. The second-order valence-corrected chi connectivity index (χ2v) is 5.06. The van der Waals surface area contributed by atoms with Crippen LogP contribution in [0.1, 0.15) is 15.9 Å². The van der Waals surface area contributed by atoms with Gasteiger partial charge in [-0.1, -0.05) is 18.2 Å². The Bertz CT molecular complexity index is 775. The summed E-state index contributed by atoms with van der Waals surface area (Å²) < 4.78 is 15.6. The molecule has 7 nitrogen and oxygen atoms in total. The number of rotatable bonds is 4. The van der Waals surface area contributed by atoms with Crippen molar-refractivity contribution in [1.29, 1.82) is 0 Å². The first-order valence-electron chi connectivity index (χ1n) is 7.28. The number of hydrogen-bond donors (Lipinski definition) is 2. The van der Waals surface area contributed by atoms with Gasteiger partial charge in [-0.2, -0.15) is 0 Å². The third-order valence-corrected chi connectivity index (χ3v) is 3.49. The molecule has 124 valence electrons. The summed E-state index contributed by atoms with van der Waals surface area (Å²) in [6.45, 7) is 0.135. The van der Waals surface area contributed by atoms with E-state index in [1.807, 2.05) is 12.1 Å². The zero-order valence-corrected chi connectivity index (χ0v) is 13.0. The van der Waals surface area contributed by atoms with Crippen molar-refractivity contribution < 1.29 is 23.8 Å². The molecule has 0 spiro atoms. The summed E-state index contributed by atoms with van der Waals surface area (Å²) in [5.74, 6) is 0.916. The molecule has 2 N–H and O–H groups in total. The molecule has 7 heteroatoms. The molecule has 1 heterocycles. The van der Waals surface area contributed by atoms with Crippen molar-refractivity contribution in [3.63, 3.8) is 0 Å². The van der Waals surface area contributed by atoms with E-state index in [0.29, 0.717) is 22.8 Å². The van der Waals surface area contributed by atoms with E-state index in [1.165, 1.54) is 7.11 Å². The Hall–Kier alpha value is -3.22. The van der Waals surface area contributed by atoms with Gasteiger partial charge in [-0.3, -0.25) is 20.4 Å². The van der Waals surface area contributed by atoms with Gasteiger partial charge in [0.15, 0.2) is 11.5 Å². The van der Waals surface area contributed by atoms with Crippen molar-refractivity contribution in [3.8, 4) is 17.2 Å². The molecule has 1 aliphatic heterocycles. The third-order valence-electron chi connectivity index (χ3n) is 3.49. The molecule has 24 heavy (non-hydrogen) atoms. The van der Waals surface area contributed by atoms with E-state index in [2.05, 4.69) is 10.9 Å². The van der Waals surface area contributed by atoms with Crippen molar-refractivity contribution in [2.45, 2.75) is 6.42 Å². The number of carbonyl (C=O) groups is 2. The molecule has 0 saturated heterocycles. The Labute approximate surface area is 138 Å². The number of para-hydroxylation sites is 1. The third kappa shape index (κ3) is 3.40. The normalized spacial score (nSPS) is 11.7. The van der Waals surface area contributed by atoms with Gasteiger partial charge in [0.1, 0.15) is 5.75 Å². The van der Waals surface area contributed by atoms with E-state index in [-0.39, 0.29) is 19.1 Å². The molecule has 0 atom stereocenters. The predicted molar refractivity (Wildman–Crippen MR) is 84.9 cm³/mol. The highest BCUT2D eigenvalue weighted by Crippen LogP contribution is 2.32. The standard InChI is InChI=1S/C17H16N2O5/c1-22-13-5-3-2-4-11(13)9-16(20)18-19-17(21)12-6-7-14-15(8-12)24-10-23-14/h2-8H,9-10H2,1H3,(H,18,20)(H,19,21). The smallest absolute Gasteiger partial charge is 0.269 e. The van der Waals surface area contributed by atoms with Crippen molar-refractivity contribution in [2.24, 2.45) is 0 Å². The maximum absolute atomic E-state index is 12.1. The molecule has 3 rings (SSSR count). The van der Waals surface area contributed by atoms with Gasteiger partial charge in [-0.25, -0.2) is 0 Å². The SMILES string of the molecule is COc1ccccc1CC(=O)NNC(=O)c1ccc2c(c1)OCO2. The molecule has 0 bridgehead atoms. The molecule has 0 aromatic heterocycles. The fourth-order valence-corrected chi connectivity index (χ4v) is 2.30. The first kappa shape index (κ1) is 15.7. The summed E-state index contributed by atoms with van der Waals surface area (Å²) in [4.78, 5) is 24.1. The highest BCUT2D eigenvalue weighted by molar-refractivity contribution is 5.96. The van der Waals surface area contributed by atoms with E-state index in [0.717, 1.165) is 5.56 Å². The van der Waals surface area contributed by atoms with Gasteiger partial charge in [0.05, 0.1) is 13.5 Å². The van der Waals surface area contributed by atoms with Crippen LogP contribution >= 0.6 is 0 Å². The van der Waals surface area contributed by atoms with Crippen molar-refractivity contribution >= 4 is 11.8 Å². The van der Waals surface area contributed by atoms with Gasteiger partial charge < -0.3 is 14.2 Å². The van der Waals surface area contributed by atoms with Crippen molar-refractivity contribution in [3.05, 3.63) is 53.6 Å². The number of hydrogen-bond acceptors (Lipinski definition) is 5. The Morgan fingerprint density at radius 2 is 1.88 bits per heavy atom. The van der Waals surface area contributed by atoms with Gasteiger partial charge >= 0.3 is 0 Å². The van der Waals surface area contributed by atoms with Gasteiger partial charge in [0.25, 0.3) is 5.91 Å². The predicted octanol–water partition coefficient (Wildman–Crippen LogP) is 1.43. The number of carbonyl (C=O) groups excluding carboxylic acids is 2. The van der Waals surface area contributed by atoms with Crippen LogP contribution in [0.4, 0.5) is 0 Å². The molecule has 0 fully saturated rings. The summed E-state index contributed by atoms with van der Waals surface area (Å²) in [7, 11) is 1.54. The summed E-state index contributed by atoms with van der Waals surface area (Å²) in [5.41, 5.74) is 5.84. The highest BCUT2D eigenvalue weighted by atomic mass is 16.7. The van der Waals surface area contributed by atoms with Crippen molar-refractivity contribution in [1.82, 2.24) is 10.9 Å². The van der Waals surface area contributed by atoms with Gasteiger partial charge in [0.2, 0.25) is 12.7 Å². The second kappa shape index (κ2) is 6.91. The second-order valence-electron chi connectivity index (χ2n) is 5.06. The van der Waals surface area contributed by atoms with E-state index in [4.69, 9.17) is 14.2 Å². The average Bonchev–Trinajstić information content (AvgIpc) is 3.07. The summed E-state index contributed by atoms with van der Waals surface area (Å²) in [5, 5.41) is 0. The minimum absolute atomic E-state index is 0.0887. The lowest BCUT2D eigenvalue weighted by molar-refractivity contribution is -0.121. The van der Waals surface area contributed by atoms with Gasteiger partial charge in [-0.15, -0.1) is 0 Å². The molecule has 2 aromatic rings. The van der Waals surface area contributed by atoms with Gasteiger partial charge in [-0.05, 0) is 24.3 Å². The lowest BCUT2D eigenvalue weighted by Crippen LogP contribution is -2.42. The van der Waals surface area contributed by atoms with Crippen LogP contribution in [0.15, 0.2) is 42.5 Å². The Balaban J connectivity index is 1.57. The van der Waals surface area contributed by atoms with Crippen LogP contribution in [0, 0.1) is 0 Å². The van der Waals surface area contributed by atoms with Crippen molar-refractivity contribution in [2.75, 3.05) is 13.9 Å². The van der Waals surface area contributed by atoms with Crippen LogP contribution in [-0.2, 0) is 11.2 Å². The molecule has 0 unspecified atom stereocenters. The monoisotopic (exact) mass is 328 g/mol. The minimum Gasteiger partial charge on any atom is -0.496 e. The highest BCUT2D eigenvalue weighted by Gasteiger charge is 2.16. The van der Waals surface area contributed by atoms with Crippen LogP contribution in [0.25, 0.3) is 0 Å². The number of ether oxygens (including phenoxy) is 3. The number of benzene rings is 2. The van der Waals surface area contributed by atoms with Crippen LogP contribution in [-0.4, -0.2) is 25.7 Å². The number of nitrogens with one attached hydrogen (secondary N) is 2. The van der Waals surface area contributed by atoms with E-state index in [9.17, 15) is 9.59 Å². The molecular formula is C17H16N2O5. The Morgan fingerprint density at radius 3 is 2.71 bits per heavy atom. The maximum atomic E-state index is 12.1. The molecule has 0 saturated carbocycles. The summed E-state index contributed by atoms with van der Waals surface area (Å²) in [6, 6.07) is 12.0. The fraction of sp³-hybridized carbons (Fsp3) is 0.176. The lowest BCUT2D eigenvalue weighted by Gasteiger charge is -2.10. The van der Waals surface area contributed by atoms with Crippen LogP contribution in [0.2, 0.25) is 0 Å². The quantitative estimate of drug-likeness (QED) is 0.829. The van der Waals surface area contributed by atoms with E-state index < -0.39 is 5.91 Å². The number of fused-ring (bicyclic) bond motifs is 1. The Morgan fingerprint density at radius 1 is 1.08 bits per heavy atom. The number of methoxy groups -OCH3 is 1. The number of amides is 2. The molecule has 2 aromatic carbocycles. The van der Waals surface area contributed by atoms with Crippen LogP contribution in [0.3, 0.4) is 0 Å². The zero-order chi connectivity index (χ0) is 16.9. The lowest BCUT2D eigenvalue weighted by atomic mass is 10.1. The summed E-state index contributed by atoms with van der Waals surface area (Å²) >= 11 is 0. The molecule has 1 aliphatic rings. The molecule has 0 aliphatic carbocycles. The van der Waals surface area contributed by atoms with E-state index in [1.54, 1.807) is 30.3 Å². The maximum Gasteiger partial charge on any atom is 0.269 e. The minimum atomic E-state index is -0.443. The topological polar surface area (TPSA) is 85.9 Å². The average molecular weight is 328 g/mol. The molecule has 0 radical (unpaired) electrons. The van der Waals surface area contributed by atoms with Crippen LogP contribution < -0.4 is 25.1 Å². The van der Waals surface area contributed by atoms with Crippen LogP contribution in [0.5, 0.6) is 17.2 Å².